The molecule has 0 aliphatic heterocycles. The fourth-order valence-corrected chi connectivity index (χ4v) is 3.26. The smallest absolute Gasteiger partial charge is 0.257 e. The zero-order valence-electron chi connectivity index (χ0n) is 19.9. The Kier molecular flexibility index (Phi) is 8.44. The van der Waals surface area contributed by atoms with Crippen LogP contribution >= 0.6 is 0 Å². The van der Waals surface area contributed by atoms with Crippen LogP contribution in [-0.4, -0.2) is 23.6 Å². The van der Waals surface area contributed by atoms with Crippen LogP contribution in [0.25, 0.3) is 0 Å². The largest absolute Gasteiger partial charge is 0.491 e. The van der Waals surface area contributed by atoms with Crippen molar-refractivity contribution in [2.24, 2.45) is 0 Å². The van der Waals surface area contributed by atoms with Crippen molar-refractivity contribution >= 4 is 11.6 Å². The summed E-state index contributed by atoms with van der Waals surface area (Å²) in [4.78, 5) is 17.4. The molecular weight excluding hydrogens is 416 g/mol. The summed E-state index contributed by atoms with van der Waals surface area (Å²) in [5.74, 6) is 1.88. The van der Waals surface area contributed by atoms with Crippen molar-refractivity contribution in [3.8, 4) is 17.2 Å². The SMILES string of the molecule is CCCOC(C)c1ccc(C(=O)Nc2cccc(Oc3ccc(OC(C)C)cc3)c2)c(C)n1. The van der Waals surface area contributed by atoms with E-state index in [9.17, 15) is 4.79 Å². The van der Waals surface area contributed by atoms with Crippen LogP contribution in [0, 0.1) is 6.92 Å². The summed E-state index contributed by atoms with van der Waals surface area (Å²) in [6.45, 7) is 10.5. The molecule has 0 spiro atoms. The van der Waals surface area contributed by atoms with E-state index in [-0.39, 0.29) is 18.1 Å². The molecule has 3 rings (SSSR count). The number of rotatable bonds is 10. The first-order valence-corrected chi connectivity index (χ1v) is 11.3. The first-order chi connectivity index (χ1) is 15.9. The first-order valence-electron chi connectivity index (χ1n) is 11.3. The van der Waals surface area contributed by atoms with Gasteiger partial charge < -0.3 is 19.5 Å². The van der Waals surface area contributed by atoms with E-state index in [1.807, 2.05) is 76.2 Å². The number of anilines is 1. The summed E-state index contributed by atoms with van der Waals surface area (Å²) in [5.41, 5.74) is 2.64. The van der Waals surface area contributed by atoms with Crippen molar-refractivity contribution in [2.75, 3.05) is 11.9 Å². The van der Waals surface area contributed by atoms with Crippen molar-refractivity contribution in [3.63, 3.8) is 0 Å². The molecule has 1 atom stereocenters. The molecule has 0 aliphatic rings. The summed E-state index contributed by atoms with van der Waals surface area (Å²) in [5, 5.41) is 2.93. The van der Waals surface area contributed by atoms with Crippen LogP contribution in [0.3, 0.4) is 0 Å². The zero-order chi connectivity index (χ0) is 23.8. The number of nitrogens with one attached hydrogen (secondary N) is 1. The van der Waals surface area contributed by atoms with Gasteiger partial charge in [-0.1, -0.05) is 13.0 Å². The van der Waals surface area contributed by atoms with E-state index in [0.29, 0.717) is 35.1 Å². The third-order valence-corrected chi connectivity index (χ3v) is 4.86. The maximum atomic E-state index is 12.8. The Bertz CT molecular complexity index is 1060. The average Bonchev–Trinajstić information content (AvgIpc) is 2.78. The molecule has 174 valence electrons. The van der Waals surface area contributed by atoms with Gasteiger partial charge in [0, 0.05) is 18.4 Å². The molecule has 0 radical (unpaired) electrons. The predicted octanol–water partition coefficient (Wildman–Crippen LogP) is 6.71. The van der Waals surface area contributed by atoms with Gasteiger partial charge >= 0.3 is 0 Å². The molecule has 0 saturated heterocycles. The van der Waals surface area contributed by atoms with Gasteiger partial charge in [0.1, 0.15) is 17.2 Å². The average molecular weight is 449 g/mol. The highest BCUT2D eigenvalue weighted by atomic mass is 16.5. The Balaban J connectivity index is 1.65. The monoisotopic (exact) mass is 448 g/mol. The molecule has 1 aromatic heterocycles. The predicted molar refractivity (Wildman–Crippen MR) is 130 cm³/mol. The number of hydrogen-bond acceptors (Lipinski definition) is 5. The maximum absolute atomic E-state index is 12.8. The second-order valence-electron chi connectivity index (χ2n) is 8.10. The van der Waals surface area contributed by atoms with Gasteiger partial charge in [-0.15, -0.1) is 0 Å². The zero-order valence-corrected chi connectivity index (χ0v) is 19.9. The lowest BCUT2D eigenvalue weighted by Gasteiger charge is -2.14. The van der Waals surface area contributed by atoms with E-state index >= 15 is 0 Å². The minimum Gasteiger partial charge on any atom is -0.491 e. The van der Waals surface area contributed by atoms with Crippen molar-refractivity contribution in [2.45, 2.75) is 53.2 Å². The van der Waals surface area contributed by atoms with E-state index in [4.69, 9.17) is 14.2 Å². The van der Waals surface area contributed by atoms with Crippen molar-refractivity contribution in [3.05, 3.63) is 77.6 Å². The van der Waals surface area contributed by atoms with Crippen molar-refractivity contribution in [1.29, 1.82) is 0 Å². The van der Waals surface area contributed by atoms with Crippen LogP contribution in [0.2, 0.25) is 0 Å². The quantitative estimate of drug-likeness (QED) is 0.373. The van der Waals surface area contributed by atoms with Crippen LogP contribution in [0.1, 0.15) is 62.0 Å². The fourth-order valence-electron chi connectivity index (χ4n) is 3.26. The van der Waals surface area contributed by atoms with Gasteiger partial charge in [0.2, 0.25) is 0 Å². The lowest BCUT2D eigenvalue weighted by atomic mass is 10.1. The van der Waals surface area contributed by atoms with Gasteiger partial charge in [-0.05, 0) is 82.6 Å². The Labute approximate surface area is 195 Å². The second kappa shape index (κ2) is 11.5. The number of hydrogen-bond donors (Lipinski definition) is 1. The molecule has 1 unspecified atom stereocenters. The molecule has 0 saturated carbocycles. The van der Waals surface area contributed by atoms with E-state index in [1.165, 1.54) is 0 Å². The number of carbonyl (C=O) groups is 1. The number of ether oxygens (including phenoxy) is 3. The number of benzene rings is 2. The summed E-state index contributed by atoms with van der Waals surface area (Å²) >= 11 is 0. The second-order valence-corrected chi connectivity index (χ2v) is 8.10. The number of aromatic nitrogens is 1. The number of carbonyl (C=O) groups excluding carboxylic acids is 1. The number of pyridine rings is 1. The van der Waals surface area contributed by atoms with Crippen molar-refractivity contribution < 1.29 is 19.0 Å². The van der Waals surface area contributed by atoms with Gasteiger partial charge in [-0.3, -0.25) is 9.78 Å². The third-order valence-electron chi connectivity index (χ3n) is 4.86. The molecule has 1 amide bonds. The van der Waals surface area contributed by atoms with Gasteiger partial charge in [0.25, 0.3) is 5.91 Å². The van der Waals surface area contributed by atoms with Gasteiger partial charge in [-0.2, -0.15) is 0 Å². The molecule has 33 heavy (non-hydrogen) atoms. The van der Waals surface area contributed by atoms with Crippen molar-refractivity contribution in [1.82, 2.24) is 4.98 Å². The highest BCUT2D eigenvalue weighted by Gasteiger charge is 2.14. The Morgan fingerprint density at radius 2 is 1.70 bits per heavy atom. The van der Waals surface area contributed by atoms with Gasteiger partial charge in [0.15, 0.2) is 0 Å². The van der Waals surface area contributed by atoms with E-state index in [1.54, 1.807) is 12.1 Å². The molecule has 1 N–H and O–H groups in total. The molecule has 3 aromatic rings. The summed E-state index contributed by atoms with van der Waals surface area (Å²) < 4.78 is 17.3. The number of amides is 1. The molecule has 6 nitrogen and oxygen atoms in total. The summed E-state index contributed by atoms with van der Waals surface area (Å²) in [7, 11) is 0. The van der Waals surface area contributed by atoms with Crippen LogP contribution in [0.4, 0.5) is 5.69 Å². The number of aryl methyl sites for hydroxylation is 1. The Morgan fingerprint density at radius 1 is 0.970 bits per heavy atom. The standard InChI is InChI=1S/C27H32N2O4/c1-6-16-31-20(5)26-15-14-25(19(4)28-26)27(30)29-21-8-7-9-24(17-21)33-23-12-10-22(11-13-23)32-18(2)3/h7-15,17-18,20H,6,16H2,1-5H3,(H,29,30). The topological polar surface area (TPSA) is 69.7 Å². The van der Waals surface area contributed by atoms with Crippen LogP contribution in [-0.2, 0) is 4.74 Å². The van der Waals surface area contributed by atoms with E-state index < -0.39 is 0 Å². The minimum atomic E-state index is -0.221. The Morgan fingerprint density at radius 3 is 2.36 bits per heavy atom. The molecule has 6 heteroatoms. The van der Waals surface area contributed by atoms with Crippen LogP contribution < -0.4 is 14.8 Å². The van der Waals surface area contributed by atoms with E-state index in [0.717, 1.165) is 17.9 Å². The van der Waals surface area contributed by atoms with Gasteiger partial charge in [0.05, 0.1) is 29.2 Å². The van der Waals surface area contributed by atoms with E-state index in [2.05, 4.69) is 17.2 Å². The normalized spacial score (nSPS) is 11.8. The fraction of sp³-hybridized carbons (Fsp3) is 0.333. The highest BCUT2D eigenvalue weighted by molar-refractivity contribution is 6.05. The molecule has 0 fully saturated rings. The van der Waals surface area contributed by atoms with Crippen LogP contribution in [0.5, 0.6) is 17.2 Å². The lowest BCUT2D eigenvalue weighted by molar-refractivity contribution is 0.0632. The summed E-state index contributed by atoms with van der Waals surface area (Å²) in [6.07, 6.45) is 0.954. The van der Waals surface area contributed by atoms with Crippen LogP contribution in [0.15, 0.2) is 60.7 Å². The molecule has 0 bridgehead atoms. The van der Waals surface area contributed by atoms with Gasteiger partial charge in [-0.25, -0.2) is 0 Å². The number of nitrogens with zero attached hydrogens (tertiary/aromatic N) is 1. The lowest BCUT2D eigenvalue weighted by Crippen LogP contribution is -2.15. The molecule has 2 aromatic carbocycles. The maximum Gasteiger partial charge on any atom is 0.257 e. The molecule has 0 aliphatic carbocycles. The summed E-state index contributed by atoms with van der Waals surface area (Å²) in [6, 6.07) is 18.4. The Hall–Kier alpha value is -3.38. The first kappa shape index (κ1) is 24.3. The minimum absolute atomic E-state index is 0.111. The third kappa shape index (κ3) is 7.05. The highest BCUT2D eigenvalue weighted by Crippen LogP contribution is 2.27. The molecular formula is C27H32N2O4. The molecule has 1 heterocycles.